The van der Waals surface area contributed by atoms with Gasteiger partial charge in [-0.25, -0.2) is 5.84 Å². The molecule has 0 aliphatic carbocycles. The molecule has 3 N–H and O–H groups in total. The number of rotatable bonds is 5. The summed E-state index contributed by atoms with van der Waals surface area (Å²) in [4.78, 5) is 25.2. The first-order valence-corrected chi connectivity index (χ1v) is 7.74. The van der Waals surface area contributed by atoms with Crippen LogP contribution in [0.15, 0.2) is 22.8 Å². The van der Waals surface area contributed by atoms with E-state index in [1.54, 1.807) is 18.0 Å². The molecule has 0 bridgehead atoms. The van der Waals surface area contributed by atoms with Gasteiger partial charge in [0.05, 0.1) is 17.8 Å². The number of amides is 2. The molecular formula is C13H19N3O3S. The minimum Gasteiger partial charge on any atom is -0.468 e. The smallest absolute Gasteiger partial charge is 0.237 e. The lowest BCUT2D eigenvalue weighted by Crippen LogP contribution is -2.45. The molecule has 2 heterocycles. The highest BCUT2D eigenvalue weighted by Crippen LogP contribution is 2.19. The number of carbonyl (C=O) groups excluding carboxylic acids is 2. The van der Waals surface area contributed by atoms with E-state index >= 15 is 0 Å². The molecule has 110 valence electrons. The summed E-state index contributed by atoms with van der Waals surface area (Å²) in [7, 11) is 0. The van der Waals surface area contributed by atoms with E-state index in [9.17, 15) is 9.59 Å². The number of likely N-dealkylation sites (tertiary alicyclic amines) is 1. The van der Waals surface area contributed by atoms with E-state index in [2.05, 4.69) is 5.43 Å². The van der Waals surface area contributed by atoms with E-state index < -0.39 is 0 Å². The van der Waals surface area contributed by atoms with Crippen molar-refractivity contribution in [2.24, 2.45) is 11.8 Å². The van der Waals surface area contributed by atoms with Gasteiger partial charge in [-0.2, -0.15) is 0 Å². The highest BCUT2D eigenvalue weighted by molar-refractivity contribution is 7.99. The molecule has 0 radical (unpaired) electrons. The fraction of sp³-hybridized carbons (Fsp3) is 0.538. The van der Waals surface area contributed by atoms with Gasteiger partial charge in [-0.05, 0) is 25.0 Å². The Morgan fingerprint density at radius 3 is 2.80 bits per heavy atom. The largest absolute Gasteiger partial charge is 0.468 e. The normalized spacial score (nSPS) is 16.1. The van der Waals surface area contributed by atoms with Gasteiger partial charge in [0.1, 0.15) is 5.76 Å². The number of nitrogens with two attached hydrogens (primary N) is 1. The first-order chi connectivity index (χ1) is 9.70. The van der Waals surface area contributed by atoms with Crippen LogP contribution in [-0.4, -0.2) is 35.6 Å². The lowest BCUT2D eigenvalue weighted by atomic mass is 9.96. The number of nitrogens with one attached hydrogen (secondary N) is 1. The third-order valence-corrected chi connectivity index (χ3v) is 4.35. The van der Waals surface area contributed by atoms with Crippen molar-refractivity contribution in [2.75, 3.05) is 18.8 Å². The number of hydrogen-bond donors (Lipinski definition) is 2. The molecule has 7 heteroatoms. The van der Waals surface area contributed by atoms with E-state index in [-0.39, 0.29) is 17.7 Å². The topological polar surface area (TPSA) is 88.6 Å². The Morgan fingerprint density at radius 1 is 1.45 bits per heavy atom. The molecule has 0 saturated carbocycles. The fourth-order valence-electron chi connectivity index (χ4n) is 2.23. The van der Waals surface area contributed by atoms with Crippen molar-refractivity contribution in [3.8, 4) is 0 Å². The molecule has 1 aromatic rings. The molecule has 20 heavy (non-hydrogen) atoms. The molecule has 1 aliphatic heterocycles. The number of nitrogens with zero attached hydrogens (tertiary/aromatic N) is 1. The van der Waals surface area contributed by atoms with Crippen molar-refractivity contribution < 1.29 is 14.0 Å². The molecule has 1 saturated heterocycles. The summed E-state index contributed by atoms with van der Waals surface area (Å²) in [6.07, 6.45) is 2.99. The average molecular weight is 297 g/mol. The van der Waals surface area contributed by atoms with E-state index in [0.29, 0.717) is 37.4 Å². The van der Waals surface area contributed by atoms with Crippen molar-refractivity contribution in [2.45, 2.75) is 18.6 Å². The summed E-state index contributed by atoms with van der Waals surface area (Å²) in [5.41, 5.74) is 2.17. The van der Waals surface area contributed by atoms with Crippen molar-refractivity contribution >= 4 is 23.6 Å². The van der Waals surface area contributed by atoms with Crippen LogP contribution >= 0.6 is 11.8 Å². The summed E-state index contributed by atoms with van der Waals surface area (Å²) >= 11 is 1.54. The number of piperidine rings is 1. The van der Waals surface area contributed by atoms with Crippen LogP contribution in [0.1, 0.15) is 18.6 Å². The Kier molecular flexibility index (Phi) is 5.49. The zero-order chi connectivity index (χ0) is 14.4. The first kappa shape index (κ1) is 14.9. The van der Waals surface area contributed by atoms with Crippen molar-refractivity contribution in [3.05, 3.63) is 24.2 Å². The Labute approximate surface area is 122 Å². The molecule has 0 spiro atoms. The third-order valence-electron chi connectivity index (χ3n) is 3.41. The zero-order valence-corrected chi connectivity index (χ0v) is 12.0. The summed E-state index contributed by atoms with van der Waals surface area (Å²) in [5, 5.41) is 0. The summed E-state index contributed by atoms with van der Waals surface area (Å²) in [6.45, 7) is 1.25. The molecule has 1 fully saturated rings. The van der Waals surface area contributed by atoms with Gasteiger partial charge in [0.15, 0.2) is 0 Å². The average Bonchev–Trinajstić information content (AvgIpc) is 2.99. The Hall–Kier alpha value is -1.47. The predicted octanol–water partition coefficient (Wildman–Crippen LogP) is 0.741. The molecule has 2 rings (SSSR count). The fourth-order valence-corrected chi connectivity index (χ4v) is 3.06. The highest BCUT2D eigenvalue weighted by atomic mass is 32.2. The molecule has 6 nitrogen and oxygen atoms in total. The van der Waals surface area contributed by atoms with E-state index in [1.165, 1.54) is 0 Å². The Morgan fingerprint density at radius 2 is 2.20 bits per heavy atom. The van der Waals surface area contributed by atoms with Crippen molar-refractivity contribution in [1.29, 1.82) is 0 Å². The van der Waals surface area contributed by atoms with E-state index in [0.717, 1.165) is 5.76 Å². The molecule has 1 aliphatic rings. The van der Waals surface area contributed by atoms with Crippen LogP contribution in [0.2, 0.25) is 0 Å². The second kappa shape index (κ2) is 7.35. The van der Waals surface area contributed by atoms with Gasteiger partial charge < -0.3 is 9.32 Å². The monoisotopic (exact) mass is 297 g/mol. The van der Waals surface area contributed by atoms with Crippen LogP contribution in [0.3, 0.4) is 0 Å². The van der Waals surface area contributed by atoms with Crippen LogP contribution in [0.5, 0.6) is 0 Å². The second-order valence-electron chi connectivity index (χ2n) is 4.74. The number of furan rings is 1. The van der Waals surface area contributed by atoms with Gasteiger partial charge >= 0.3 is 0 Å². The molecular weight excluding hydrogens is 278 g/mol. The standard InChI is InChI=1S/C13H19N3O3S/c14-15-13(18)10-3-5-16(6-4-10)12(17)9-20-8-11-2-1-7-19-11/h1-2,7,10H,3-6,8-9,14H2,(H,15,18). The number of hydrogen-bond acceptors (Lipinski definition) is 5. The van der Waals surface area contributed by atoms with Gasteiger partial charge in [-0.15, -0.1) is 11.8 Å². The molecule has 2 amide bonds. The highest BCUT2D eigenvalue weighted by Gasteiger charge is 2.26. The maximum atomic E-state index is 12.0. The van der Waals surface area contributed by atoms with Crippen molar-refractivity contribution in [1.82, 2.24) is 10.3 Å². The van der Waals surface area contributed by atoms with Crippen molar-refractivity contribution in [3.63, 3.8) is 0 Å². The van der Waals surface area contributed by atoms with Gasteiger partial charge in [0.25, 0.3) is 0 Å². The van der Waals surface area contributed by atoms with Gasteiger partial charge in [0.2, 0.25) is 11.8 Å². The molecule has 1 aromatic heterocycles. The number of carbonyl (C=O) groups is 2. The van der Waals surface area contributed by atoms with Crippen LogP contribution in [-0.2, 0) is 15.3 Å². The van der Waals surface area contributed by atoms with Gasteiger partial charge in [-0.3, -0.25) is 15.0 Å². The summed E-state index contributed by atoms with van der Waals surface area (Å²) < 4.78 is 5.21. The molecule has 0 atom stereocenters. The zero-order valence-electron chi connectivity index (χ0n) is 11.2. The maximum Gasteiger partial charge on any atom is 0.237 e. The van der Waals surface area contributed by atoms with Gasteiger partial charge in [-0.1, -0.05) is 0 Å². The minimum atomic E-state index is -0.135. The van der Waals surface area contributed by atoms with Crippen LogP contribution in [0.25, 0.3) is 0 Å². The quantitative estimate of drug-likeness (QED) is 0.475. The lowest BCUT2D eigenvalue weighted by molar-refractivity contribution is -0.133. The van der Waals surface area contributed by atoms with E-state index in [1.807, 2.05) is 17.0 Å². The Balaban J connectivity index is 1.68. The van der Waals surface area contributed by atoms with Crippen LogP contribution in [0.4, 0.5) is 0 Å². The number of hydrazine groups is 1. The third kappa shape index (κ3) is 4.01. The van der Waals surface area contributed by atoms with Gasteiger partial charge in [0, 0.05) is 19.0 Å². The summed E-state index contributed by atoms with van der Waals surface area (Å²) in [6, 6.07) is 3.74. The maximum absolute atomic E-state index is 12.0. The summed E-state index contributed by atoms with van der Waals surface area (Å²) in [5.74, 6) is 7.05. The molecule has 0 aromatic carbocycles. The van der Waals surface area contributed by atoms with Crippen LogP contribution < -0.4 is 11.3 Å². The predicted molar refractivity (Wildman–Crippen MR) is 76.5 cm³/mol. The number of thioether (sulfide) groups is 1. The Bertz CT molecular complexity index is 442. The minimum absolute atomic E-state index is 0.0696. The lowest BCUT2D eigenvalue weighted by Gasteiger charge is -2.31. The second-order valence-corrected chi connectivity index (χ2v) is 5.72. The van der Waals surface area contributed by atoms with E-state index in [4.69, 9.17) is 10.3 Å². The first-order valence-electron chi connectivity index (χ1n) is 6.59. The molecule has 0 unspecified atom stereocenters. The SMILES string of the molecule is NNC(=O)C1CCN(C(=O)CSCc2ccco2)CC1. The van der Waals surface area contributed by atoms with Crippen LogP contribution in [0, 0.1) is 5.92 Å².